The Morgan fingerprint density at radius 2 is 1.89 bits per heavy atom. The first-order chi connectivity index (χ1) is 8.35. The molecule has 0 aliphatic heterocycles. The fourth-order valence-corrected chi connectivity index (χ4v) is 1.29. The molecule has 4 nitrogen and oxygen atoms in total. The fraction of sp³-hybridized carbons (Fsp3) is 0.571. The van der Waals surface area contributed by atoms with Crippen LogP contribution >= 0.6 is 0 Å². The van der Waals surface area contributed by atoms with Gasteiger partial charge in [-0.3, -0.25) is 9.78 Å². The minimum absolute atomic E-state index is 0.273. The van der Waals surface area contributed by atoms with Gasteiger partial charge in [-0.2, -0.15) is 0 Å². The number of carboxylic acid groups (broad SMARTS) is 1. The van der Waals surface area contributed by atoms with Gasteiger partial charge < -0.3 is 10.8 Å². The second-order valence-corrected chi connectivity index (χ2v) is 5.37. The summed E-state index contributed by atoms with van der Waals surface area (Å²) in [6.45, 7) is 6.96. The summed E-state index contributed by atoms with van der Waals surface area (Å²) in [5.74, 6) is -0.691. The quantitative estimate of drug-likeness (QED) is 0.864. The standard InChI is InChI=1S/C8H16O2.C6H8N2/c1-8(2,3)6-4-5-7(9)10;7-5-6-1-3-8-4-2-6/h4-6H2,1-3H3,(H,9,10);1-4H,5,7H2. The van der Waals surface area contributed by atoms with Crippen LogP contribution in [0.15, 0.2) is 24.5 Å². The Morgan fingerprint density at radius 3 is 2.22 bits per heavy atom. The lowest BCUT2D eigenvalue weighted by atomic mass is 9.90. The van der Waals surface area contributed by atoms with Crippen LogP contribution in [0.25, 0.3) is 0 Å². The van der Waals surface area contributed by atoms with E-state index in [1.54, 1.807) is 12.4 Å². The summed E-state index contributed by atoms with van der Waals surface area (Å²) in [6.07, 6.45) is 5.56. The van der Waals surface area contributed by atoms with Crippen molar-refractivity contribution in [2.45, 2.75) is 46.6 Å². The number of carbonyl (C=O) groups is 1. The Kier molecular flexibility index (Phi) is 7.96. The van der Waals surface area contributed by atoms with Crippen molar-refractivity contribution in [3.05, 3.63) is 30.1 Å². The predicted octanol–water partition coefficient (Wildman–Crippen LogP) is 2.83. The van der Waals surface area contributed by atoms with Gasteiger partial charge in [-0.05, 0) is 36.0 Å². The molecule has 102 valence electrons. The third-order valence-electron chi connectivity index (χ3n) is 2.30. The molecule has 0 aliphatic rings. The zero-order valence-corrected chi connectivity index (χ0v) is 11.5. The minimum Gasteiger partial charge on any atom is -0.481 e. The lowest BCUT2D eigenvalue weighted by molar-refractivity contribution is -0.137. The summed E-state index contributed by atoms with van der Waals surface area (Å²) in [4.78, 5) is 13.9. The molecule has 0 aromatic carbocycles. The van der Waals surface area contributed by atoms with Gasteiger partial charge >= 0.3 is 5.97 Å². The summed E-state index contributed by atoms with van der Waals surface area (Å²) >= 11 is 0. The number of rotatable bonds is 4. The van der Waals surface area contributed by atoms with E-state index in [0.717, 1.165) is 18.4 Å². The van der Waals surface area contributed by atoms with Gasteiger partial charge in [0.25, 0.3) is 0 Å². The van der Waals surface area contributed by atoms with E-state index in [4.69, 9.17) is 10.8 Å². The largest absolute Gasteiger partial charge is 0.481 e. The molecule has 1 heterocycles. The average molecular weight is 252 g/mol. The molecular formula is C14H24N2O2. The monoisotopic (exact) mass is 252 g/mol. The van der Waals surface area contributed by atoms with E-state index in [-0.39, 0.29) is 5.41 Å². The molecule has 3 N–H and O–H groups in total. The van der Waals surface area contributed by atoms with Gasteiger partial charge in [0.1, 0.15) is 0 Å². The van der Waals surface area contributed by atoms with Gasteiger partial charge in [0.15, 0.2) is 0 Å². The van der Waals surface area contributed by atoms with Crippen molar-refractivity contribution in [3.8, 4) is 0 Å². The molecule has 0 unspecified atom stereocenters. The molecule has 0 saturated heterocycles. The second kappa shape index (κ2) is 8.64. The van der Waals surface area contributed by atoms with Gasteiger partial charge in [0, 0.05) is 25.4 Å². The number of aromatic nitrogens is 1. The Hall–Kier alpha value is -1.42. The zero-order chi connectivity index (χ0) is 14.0. The molecule has 0 atom stereocenters. The summed E-state index contributed by atoms with van der Waals surface area (Å²) in [7, 11) is 0. The van der Waals surface area contributed by atoms with Crippen LogP contribution in [-0.2, 0) is 11.3 Å². The first-order valence-corrected chi connectivity index (χ1v) is 6.16. The average Bonchev–Trinajstić information content (AvgIpc) is 2.29. The summed E-state index contributed by atoms with van der Waals surface area (Å²) < 4.78 is 0. The lowest BCUT2D eigenvalue weighted by Crippen LogP contribution is -2.05. The Labute approximate surface area is 109 Å². The van der Waals surface area contributed by atoms with Crippen LogP contribution in [0.1, 0.15) is 45.6 Å². The predicted molar refractivity (Wildman–Crippen MR) is 73.1 cm³/mol. The van der Waals surface area contributed by atoms with Crippen molar-refractivity contribution in [3.63, 3.8) is 0 Å². The molecule has 0 aliphatic carbocycles. The van der Waals surface area contributed by atoms with E-state index in [2.05, 4.69) is 25.8 Å². The highest BCUT2D eigenvalue weighted by Crippen LogP contribution is 2.21. The number of hydrogen-bond donors (Lipinski definition) is 2. The molecule has 0 saturated carbocycles. The highest BCUT2D eigenvalue weighted by molar-refractivity contribution is 5.66. The smallest absolute Gasteiger partial charge is 0.303 e. The first-order valence-electron chi connectivity index (χ1n) is 6.16. The number of nitrogens with two attached hydrogens (primary N) is 1. The van der Waals surface area contributed by atoms with Crippen LogP contribution in [0, 0.1) is 5.41 Å². The van der Waals surface area contributed by atoms with Crippen LogP contribution in [-0.4, -0.2) is 16.1 Å². The molecular weight excluding hydrogens is 228 g/mol. The molecule has 0 bridgehead atoms. The molecule has 1 aromatic rings. The highest BCUT2D eigenvalue weighted by Gasteiger charge is 2.09. The summed E-state index contributed by atoms with van der Waals surface area (Å²) in [6, 6.07) is 3.81. The van der Waals surface area contributed by atoms with Gasteiger partial charge in [-0.15, -0.1) is 0 Å². The van der Waals surface area contributed by atoms with Crippen molar-refractivity contribution in [2.24, 2.45) is 11.1 Å². The van der Waals surface area contributed by atoms with Gasteiger partial charge in [0.05, 0.1) is 0 Å². The third kappa shape index (κ3) is 11.1. The Bertz CT molecular complexity index is 331. The van der Waals surface area contributed by atoms with Crippen molar-refractivity contribution in [1.82, 2.24) is 4.98 Å². The molecule has 1 rings (SSSR count). The number of pyridine rings is 1. The van der Waals surface area contributed by atoms with Gasteiger partial charge in [-0.25, -0.2) is 0 Å². The fourth-order valence-electron chi connectivity index (χ4n) is 1.29. The maximum atomic E-state index is 10.1. The molecule has 4 heteroatoms. The summed E-state index contributed by atoms with van der Waals surface area (Å²) in [5, 5.41) is 8.31. The van der Waals surface area contributed by atoms with Gasteiger partial charge in [-0.1, -0.05) is 20.8 Å². The minimum atomic E-state index is -0.691. The number of carboxylic acids is 1. The topological polar surface area (TPSA) is 76.2 Å². The lowest BCUT2D eigenvalue weighted by Gasteiger charge is -2.16. The van der Waals surface area contributed by atoms with Crippen LogP contribution in [0.3, 0.4) is 0 Å². The molecule has 0 fully saturated rings. The van der Waals surface area contributed by atoms with Crippen LogP contribution < -0.4 is 5.73 Å². The number of aliphatic carboxylic acids is 1. The van der Waals surface area contributed by atoms with E-state index >= 15 is 0 Å². The first kappa shape index (κ1) is 16.6. The van der Waals surface area contributed by atoms with E-state index in [9.17, 15) is 4.79 Å². The maximum Gasteiger partial charge on any atom is 0.303 e. The van der Waals surface area contributed by atoms with Crippen molar-refractivity contribution in [2.75, 3.05) is 0 Å². The van der Waals surface area contributed by atoms with Crippen LogP contribution in [0.5, 0.6) is 0 Å². The van der Waals surface area contributed by atoms with Crippen LogP contribution in [0.4, 0.5) is 0 Å². The van der Waals surface area contributed by atoms with Crippen molar-refractivity contribution >= 4 is 5.97 Å². The van der Waals surface area contributed by atoms with E-state index in [1.807, 2.05) is 12.1 Å². The zero-order valence-electron chi connectivity index (χ0n) is 11.5. The molecule has 0 radical (unpaired) electrons. The Balaban J connectivity index is 0.000000327. The van der Waals surface area contributed by atoms with Crippen molar-refractivity contribution in [1.29, 1.82) is 0 Å². The molecule has 1 aromatic heterocycles. The maximum absolute atomic E-state index is 10.1. The molecule has 0 spiro atoms. The SMILES string of the molecule is CC(C)(C)CCCC(=O)O.NCc1ccncc1. The van der Waals surface area contributed by atoms with Gasteiger partial charge in [0.2, 0.25) is 0 Å². The summed E-state index contributed by atoms with van der Waals surface area (Å²) in [5.41, 5.74) is 6.72. The number of nitrogens with zero attached hydrogens (tertiary/aromatic N) is 1. The van der Waals surface area contributed by atoms with Crippen LogP contribution in [0.2, 0.25) is 0 Å². The molecule has 0 amide bonds. The van der Waals surface area contributed by atoms with E-state index in [1.165, 1.54) is 0 Å². The molecule has 18 heavy (non-hydrogen) atoms. The normalized spacial score (nSPS) is 10.4. The van der Waals surface area contributed by atoms with E-state index < -0.39 is 5.97 Å². The van der Waals surface area contributed by atoms with E-state index in [0.29, 0.717) is 13.0 Å². The number of hydrogen-bond acceptors (Lipinski definition) is 3. The highest BCUT2D eigenvalue weighted by atomic mass is 16.4. The second-order valence-electron chi connectivity index (χ2n) is 5.37. The Morgan fingerprint density at radius 1 is 1.33 bits per heavy atom. The van der Waals surface area contributed by atoms with Crippen molar-refractivity contribution < 1.29 is 9.90 Å². The third-order valence-corrected chi connectivity index (χ3v) is 2.30.